The number of nitrogens with zero attached hydrogens (tertiary/aromatic N) is 2. The smallest absolute Gasteiger partial charge is 0.320 e. The molecule has 1 aliphatic carbocycles. The van der Waals surface area contributed by atoms with Crippen LogP contribution in [0.25, 0.3) is 0 Å². The predicted octanol–water partition coefficient (Wildman–Crippen LogP) is 2.42. The third-order valence-electron chi connectivity index (χ3n) is 4.84. The van der Waals surface area contributed by atoms with Gasteiger partial charge in [-0.1, -0.05) is 6.42 Å². The zero-order chi connectivity index (χ0) is 14.8. The Hall–Kier alpha value is -1.26. The Morgan fingerprint density at radius 1 is 1.35 bits per heavy atom. The number of hydrogen-bond donors (Lipinski definition) is 1. The van der Waals surface area contributed by atoms with Gasteiger partial charge in [0.15, 0.2) is 0 Å². The molecule has 114 valence electrons. The van der Waals surface area contributed by atoms with Gasteiger partial charge in [-0.3, -0.25) is 4.79 Å². The first-order valence-corrected chi connectivity index (χ1v) is 7.73. The second kappa shape index (κ2) is 6.02. The van der Waals surface area contributed by atoms with E-state index in [2.05, 4.69) is 0 Å². The Morgan fingerprint density at radius 3 is 2.55 bits per heavy atom. The molecule has 0 aromatic heterocycles. The molecule has 1 heterocycles. The maximum absolute atomic E-state index is 12.6. The van der Waals surface area contributed by atoms with Crippen molar-refractivity contribution in [2.75, 3.05) is 26.2 Å². The van der Waals surface area contributed by atoms with Crippen LogP contribution in [0.15, 0.2) is 0 Å². The molecule has 1 N–H and O–H groups in total. The van der Waals surface area contributed by atoms with E-state index in [1.165, 1.54) is 19.3 Å². The van der Waals surface area contributed by atoms with Gasteiger partial charge in [-0.05, 0) is 45.4 Å². The molecule has 2 fully saturated rings. The highest BCUT2D eigenvalue weighted by molar-refractivity contribution is 5.78. The van der Waals surface area contributed by atoms with Crippen LogP contribution in [0.2, 0.25) is 0 Å². The second-order valence-electron chi connectivity index (χ2n) is 6.51. The first-order valence-electron chi connectivity index (χ1n) is 7.73. The quantitative estimate of drug-likeness (QED) is 0.861. The molecule has 0 bridgehead atoms. The van der Waals surface area contributed by atoms with Crippen LogP contribution in [0, 0.1) is 11.3 Å². The summed E-state index contributed by atoms with van der Waals surface area (Å²) in [4.78, 5) is 27.6. The van der Waals surface area contributed by atoms with Crippen molar-refractivity contribution >= 4 is 12.0 Å². The summed E-state index contributed by atoms with van der Waals surface area (Å²) in [6.07, 6.45) is 5.14. The van der Waals surface area contributed by atoms with Crippen molar-refractivity contribution in [3.8, 4) is 0 Å². The van der Waals surface area contributed by atoms with Gasteiger partial charge in [0, 0.05) is 26.2 Å². The van der Waals surface area contributed by atoms with Crippen molar-refractivity contribution in [1.29, 1.82) is 0 Å². The highest BCUT2D eigenvalue weighted by Gasteiger charge is 2.40. The lowest BCUT2D eigenvalue weighted by Gasteiger charge is -2.41. The average molecular weight is 282 g/mol. The molecular weight excluding hydrogens is 256 g/mol. The zero-order valence-electron chi connectivity index (χ0n) is 12.6. The highest BCUT2D eigenvalue weighted by Crippen LogP contribution is 2.31. The molecule has 2 aliphatic rings. The number of hydrogen-bond acceptors (Lipinski definition) is 2. The van der Waals surface area contributed by atoms with Crippen molar-refractivity contribution < 1.29 is 14.7 Å². The van der Waals surface area contributed by atoms with E-state index >= 15 is 0 Å². The fraction of sp³-hybridized carbons (Fsp3) is 0.867. The largest absolute Gasteiger partial charge is 0.481 e. The minimum atomic E-state index is -0.794. The van der Waals surface area contributed by atoms with Crippen molar-refractivity contribution in [3.63, 3.8) is 0 Å². The summed E-state index contributed by atoms with van der Waals surface area (Å²) >= 11 is 0. The topological polar surface area (TPSA) is 60.9 Å². The van der Waals surface area contributed by atoms with Gasteiger partial charge in [-0.2, -0.15) is 0 Å². The Morgan fingerprint density at radius 2 is 2.05 bits per heavy atom. The Kier molecular flexibility index (Phi) is 4.55. The Balaban J connectivity index is 1.97. The molecule has 5 heteroatoms. The standard InChI is InChI=1S/C15H26N2O3/c1-3-16(10-12-6-4-7-12)14(20)17-9-5-8-15(2,11-17)13(18)19/h12H,3-11H2,1-2H3,(H,18,19). The lowest BCUT2D eigenvalue weighted by molar-refractivity contribution is -0.150. The van der Waals surface area contributed by atoms with Crippen LogP contribution >= 0.6 is 0 Å². The molecule has 1 unspecified atom stereocenters. The summed E-state index contributed by atoms with van der Waals surface area (Å²) in [6.45, 7) is 6.30. The average Bonchev–Trinajstić information content (AvgIpc) is 2.37. The van der Waals surface area contributed by atoms with Gasteiger partial charge in [0.2, 0.25) is 0 Å². The summed E-state index contributed by atoms with van der Waals surface area (Å²) in [5.41, 5.74) is -0.788. The molecule has 1 saturated carbocycles. The van der Waals surface area contributed by atoms with Crippen LogP contribution in [0.3, 0.4) is 0 Å². The monoisotopic (exact) mass is 282 g/mol. The van der Waals surface area contributed by atoms with Gasteiger partial charge in [0.1, 0.15) is 0 Å². The summed E-state index contributed by atoms with van der Waals surface area (Å²) in [7, 11) is 0. The van der Waals surface area contributed by atoms with Crippen molar-refractivity contribution in [3.05, 3.63) is 0 Å². The third-order valence-corrected chi connectivity index (χ3v) is 4.84. The highest BCUT2D eigenvalue weighted by atomic mass is 16.4. The van der Waals surface area contributed by atoms with Gasteiger partial charge in [0.25, 0.3) is 0 Å². The maximum atomic E-state index is 12.6. The van der Waals surface area contributed by atoms with Crippen molar-refractivity contribution in [1.82, 2.24) is 9.80 Å². The van der Waals surface area contributed by atoms with Crippen LogP contribution in [0.1, 0.15) is 46.0 Å². The van der Waals surface area contributed by atoms with E-state index < -0.39 is 11.4 Å². The van der Waals surface area contributed by atoms with Gasteiger partial charge in [0.05, 0.1) is 5.41 Å². The third kappa shape index (κ3) is 3.07. The molecule has 1 aliphatic heterocycles. The Labute approximate surface area is 120 Å². The molecular formula is C15H26N2O3. The van der Waals surface area contributed by atoms with Gasteiger partial charge < -0.3 is 14.9 Å². The number of amides is 2. The van der Waals surface area contributed by atoms with Crippen molar-refractivity contribution in [2.24, 2.45) is 11.3 Å². The minimum Gasteiger partial charge on any atom is -0.481 e. The summed E-state index contributed by atoms with van der Waals surface area (Å²) in [6, 6.07) is 0.0200. The molecule has 2 rings (SSSR count). The first-order chi connectivity index (χ1) is 9.46. The number of aliphatic carboxylic acids is 1. The normalized spacial score (nSPS) is 27.0. The number of carboxylic acid groups (broad SMARTS) is 1. The number of piperidine rings is 1. The molecule has 0 radical (unpaired) electrons. The summed E-state index contributed by atoms with van der Waals surface area (Å²) in [5.74, 6) is -0.147. The number of carbonyl (C=O) groups excluding carboxylic acids is 1. The lowest BCUT2D eigenvalue weighted by Crippen LogP contribution is -2.53. The van der Waals surface area contributed by atoms with Crippen LogP contribution in [0.5, 0.6) is 0 Å². The minimum absolute atomic E-state index is 0.0200. The summed E-state index contributed by atoms with van der Waals surface area (Å²) in [5, 5.41) is 9.33. The fourth-order valence-electron chi connectivity index (χ4n) is 3.11. The van der Waals surface area contributed by atoms with E-state index in [0.717, 1.165) is 13.0 Å². The molecule has 20 heavy (non-hydrogen) atoms. The van der Waals surface area contributed by atoms with E-state index in [1.807, 2.05) is 11.8 Å². The maximum Gasteiger partial charge on any atom is 0.320 e. The van der Waals surface area contributed by atoms with Gasteiger partial charge >= 0.3 is 12.0 Å². The van der Waals surface area contributed by atoms with E-state index in [4.69, 9.17) is 0 Å². The molecule has 0 aromatic rings. The SMILES string of the molecule is CCN(CC1CCC1)C(=O)N1CCCC(C)(C(=O)O)C1. The molecule has 0 spiro atoms. The van der Waals surface area contributed by atoms with Crippen molar-refractivity contribution in [2.45, 2.75) is 46.0 Å². The molecule has 0 aromatic carbocycles. The fourth-order valence-corrected chi connectivity index (χ4v) is 3.11. The molecule has 1 saturated heterocycles. The number of carbonyl (C=O) groups is 2. The van der Waals surface area contributed by atoms with Gasteiger partial charge in [-0.15, -0.1) is 0 Å². The van der Waals surface area contributed by atoms with Crippen LogP contribution < -0.4 is 0 Å². The zero-order valence-corrected chi connectivity index (χ0v) is 12.6. The molecule has 2 amide bonds. The summed E-state index contributed by atoms with van der Waals surface area (Å²) < 4.78 is 0. The number of likely N-dealkylation sites (tertiary alicyclic amines) is 1. The number of rotatable bonds is 4. The predicted molar refractivity (Wildman–Crippen MR) is 76.5 cm³/mol. The van der Waals surface area contributed by atoms with Gasteiger partial charge in [-0.25, -0.2) is 4.79 Å². The lowest BCUT2D eigenvalue weighted by atomic mass is 9.82. The number of urea groups is 1. The van der Waals surface area contributed by atoms with E-state index in [-0.39, 0.29) is 6.03 Å². The van der Waals surface area contributed by atoms with Crippen LogP contribution in [-0.4, -0.2) is 53.1 Å². The number of carboxylic acids is 1. The van der Waals surface area contributed by atoms with E-state index in [1.54, 1.807) is 11.8 Å². The molecule has 5 nitrogen and oxygen atoms in total. The Bertz CT molecular complexity index is 381. The van der Waals surface area contributed by atoms with E-state index in [9.17, 15) is 14.7 Å². The molecule has 1 atom stereocenters. The van der Waals surface area contributed by atoms with Crippen LogP contribution in [-0.2, 0) is 4.79 Å². The van der Waals surface area contributed by atoms with E-state index in [0.29, 0.717) is 32.0 Å². The second-order valence-corrected chi connectivity index (χ2v) is 6.51. The van der Waals surface area contributed by atoms with Crippen LogP contribution in [0.4, 0.5) is 4.79 Å². The first kappa shape index (κ1) is 15.1.